The van der Waals surface area contributed by atoms with Gasteiger partial charge in [-0.15, -0.1) is 10.2 Å². The smallest absolute Gasteiger partial charge is 0.331 e. The van der Waals surface area contributed by atoms with E-state index < -0.39 is 5.97 Å². The number of para-hydroxylation sites is 1. The Labute approximate surface area is 144 Å². The first-order valence-electron chi connectivity index (χ1n) is 7.62. The third kappa shape index (κ3) is 4.32. The lowest BCUT2D eigenvalue weighted by Crippen LogP contribution is -2.01. The van der Waals surface area contributed by atoms with E-state index in [1.807, 2.05) is 54.6 Å². The molecule has 0 aliphatic rings. The van der Waals surface area contributed by atoms with Crippen molar-refractivity contribution in [1.82, 2.24) is 10.2 Å². The molecule has 3 rings (SSSR count). The van der Waals surface area contributed by atoms with Crippen molar-refractivity contribution in [3.05, 3.63) is 72.1 Å². The van der Waals surface area contributed by atoms with Crippen molar-refractivity contribution in [2.24, 2.45) is 0 Å². The lowest BCUT2D eigenvalue weighted by molar-refractivity contribution is -0.139. The van der Waals surface area contributed by atoms with Gasteiger partial charge in [-0.05, 0) is 24.3 Å². The number of rotatable bonds is 6. The second kappa shape index (κ2) is 7.92. The first-order valence-corrected chi connectivity index (χ1v) is 7.62. The molecule has 0 bridgehead atoms. The van der Waals surface area contributed by atoms with Crippen LogP contribution in [0.2, 0.25) is 0 Å². The molecule has 6 heteroatoms. The molecule has 126 valence electrons. The molecule has 1 aromatic heterocycles. The van der Waals surface area contributed by atoms with Gasteiger partial charge >= 0.3 is 5.97 Å². The molecule has 0 radical (unpaired) electrons. The van der Waals surface area contributed by atoms with E-state index in [4.69, 9.17) is 13.9 Å². The molecule has 0 saturated carbocycles. The Balaban J connectivity index is 1.58. The first kappa shape index (κ1) is 16.4. The predicted octanol–water partition coefficient (Wildman–Crippen LogP) is 3.50. The van der Waals surface area contributed by atoms with E-state index in [0.29, 0.717) is 11.6 Å². The number of aromatic nitrogens is 2. The summed E-state index contributed by atoms with van der Waals surface area (Å²) in [4.78, 5) is 11.8. The molecular weight excluding hydrogens is 320 g/mol. The molecule has 0 fully saturated rings. The lowest BCUT2D eigenvalue weighted by Gasteiger charge is -2.03. The summed E-state index contributed by atoms with van der Waals surface area (Å²) >= 11 is 0. The van der Waals surface area contributed by atoms with Gasteiger partial charge in [0.2, 0.25) is 5.89 Å². The largest absolute Gasteiger partial charge is 0.496 e. The second-order valence-corrected chi connectivity index (χ2v) is 5.05. The summed E-state index contributed by atoms with van der Waals surface area (Å²) in [6.07, 6.45) is 2.96. The average molecular weight is 336 g/mol. The summed E-state index contributed by atoms with van der Waals surface area (Å²) in [6, 6.07) is 16.7. The molecule has 0 aliphatic carbocycles. The maximum atomic E-state index is 11.8. The van der Waals surface area contributed by atoms with Gasteiger partial charge < -0.3 is 13.9 Å². The Morgan fingerprint density at radius 2 is 1.84 bits per heavy atom. The normalized spacial score (nSPS) is 10.8. The molecular formula is C19H16N2O4. The van der Waals surface area contributed by atoms with Crippen LogP contribution in [0.1, 0.15) is 11.5 Å². The van der Waals surface area contributed by atoms with Crippen LogP contribution in [0, 0.1) is 0 Å². The van der Waals surface area contributed by atoms with Crippen molar-refractivity contribution in [2.75, 3.05) is 7.11 Å². The highest BCUT2D eigenvalue weighted by molar-refractivity contribution is 5.87. The number of methoxy groups -OCH3 is 1. The van der Waals surface area contributed by atoms with Crippen molar-refractivity contribution in [3.8, 4) is 17.2 Å². The number of hydrogen-bond donors (Lipinski definition) is 0. The van der Waals surface area contributed by atoms with E-state index in [-0.39, 0.29) is 12.5 Å². The van der Waals surface area contributed by atoms with Crippen molar-refractivity contribution in [1.29, 1.82) is 0 Å². The molecule has 0 atom stereocenters. The Hall–Kier alpha value is -3.41. The van der Waals surface area contributed by atoms with E-state index >= 15 is 0 Å². The number of nitrogens with zero attached hydrogens (tertiary/aromatic N) is 2. The van der Waals surface area contributed by atoms with Gasteiger partial charge in [0, 0.05) is 17.2 Å². The van der Waals surface area contributed by atoms with Crippen LogP contribution >= 0.6 is 0 Å². The van der Waals surface area contributed by atoms with Gasteiger partial charge in [0.25, 0.3) is 5.89 Å². The van der Waals surface area contributed by atoms with Crippen molar-refractivity contribution in [3.63, 3.8) is 0 Å². The molecule has 0 unspecified atom stereocenters. The second-order valence-electron chi connectivity index (χ2n) is 5.05. The number of ether oxygens (including phenoxy) is 2. The van der Waals surface area contributed by atoms with Crippen LogP contribution in [0.25, 0.3) is 17.5 Å². The molecule has 0 spiro atoms. The summed E-state index contributed by atoms with van der Waals surface area (Å²) in [7, 11) is 1.57. The maximum Gasteiger partial charge on any atom is 0.331 e. The molecule has 0 aliphatic heterocycles. The SMILES string of the molecule is COc1ccccc1C=CC(=O)OCc1nnc(-c2ccccc2)o1. The van der Waals surface area contributed by atoms with Gasteiger partial charge in [-0.25, -0.2) is 4.79 Å². The minimum atomic E-state index is -0.509. The van der Waals surface area contributed by atoms with Gasteiger partial charge in [0.15, 0.2) is 6.61 Å². The Kier molecular flexibility index (Phi) is 5.21. The van der Waals surface area contributed by atoms with E-state index in [9.17, 15) is 4.79 Å². The monoisotopic (exact) mass is 336 g/mol. The van der Waals surface area contributed by atoms with Crippen LogP contribution < -0.4 is 4.74 Å². The summed E-state index contributed by atoms with van der Waals surface area (Å²) < 4.78 is 15.8. The highest BCUT2D eigenvalue weighted by atomic mass is 16.5. The fourth-order valence-corrected chi connectivity index (χ4v) is 2.15. The number of carbonyl (C=O) groups excluding carboxylic acids is 1. The molecule has 2 aromatic carbocycles. The summed E-state index contributed by atoms with van der Waals surface area (Å²) in [5, 5.41) is 7.81. The summed E-state index contributed by atoms with van der Waals surface area (Å²) in [6.45, 7) is -0.0884. The van der Waals surface area contributed by atoms with Crippen LogP contribution in [0.15, 0.2) is 65.1 Å². The van der Waals surface area contributed by atoms with Crippen molar-refractivity contribution < 1.29 is 18.7 Å². The highest BCUT2D eigenvalue weighted by Crippen LogP contribution is 2.19. The summed E-state index contributed by atoms with van der Waals surface area (Å²) in [5.41, 5.74) is 1.59. The van der Waals surface area contributed by atoms with Gasteiger partial charge in [-0.2, -0.15) is 0 Å². The number of benzene rings is 2. The van der Waals surface area contributed by atoms with E-state index in [0.717, 1.165) is 11.1 Å². The van der Waals surface area contributed by atoms with Crippen LogP contribution in [0.3, 0.4) is 0 Å². The first-order chi connectivity index (χ1) is 12.3. The maximum absolute atomic E-state index is 11.8. The van der Waals surface area contributed by atoms with Gasteiger partial charge in [0.05, 0.1) is 7.11 Å². The number of carbonyl (C=O) groups is 1. The minimum absolute atomic E-state index is 0.0884. The topological polar surface area (TPSA) is 74.5 Å². The van der Waals surface area contributed by atoms with Gasteiger partial charge in [-0.1, -0.05) is 36.4 Å². The molecule has 0 amide bonds. The minimum Gasteiger partial charge on any atom is -0.496 e. The fraction of sp³-hybridized carbons (Fsp3) is 0.105. The van der Waals surface area contributed by atoms with Crippen molar-refractivity contribution >= 4 is 12.0 Å². The van der Waals surface area contributed by atoms with Crippen molar-refractivity contribution in [2.45, 2.75) is 6.61 Å². The standard InChI is InChI=1S/C19H16N2O4/c1-23-16-10-6-5-7-14(16)11-12-18(22)24-13-17-20-21-19(25-17)15-8-3-2-4-9-15/h2-12H,13H2,1H3. The van der Waals surface area contributed by atoms with E-state index in [1.165, 1.54) is 6.08 Å². The Morgan fingerprint density at radius 3 is 2.64 bits per heavy atom. The van der Waals surface area contributed by atoms with Crippen LogP contribution in [-0.4, -0.2) is 23.3 Å². The van der Waals surface area contributed by atoms with E-state index in [2.05, 4.69) is 10.2 Å². The van der Waals surface area contributed by atoms with Gasteiger partial charge in [-0.3, -0.25) is 0 Å². The molecule has 0 N–H and O–H groups in total. The zero-order valence-corrected chi connectivity index (χ0v) is 13.6. The molecule has 1 heterocycles. The average Bonchev–Trinajstić information content (AvgIpc) is 3.14. The molecule has 3 aromatic rings. The molecule has 25 heavy (non-hydrogen) atoms. The zero-order valence-electron chi connectivity index (χ0n) is 13.6. The third-order valence-electron chi connectivity index (χ3n) is 3.36. The van der Waals surface area contributed by atoms with Crippen LogP contribution in [0.4, 0.5) is 0 Å². The Bertz CT molecular complexity index is 872. The number of hydrogen-bond acceptors (Lipinski definition) is 6. The zero-order chi connectivity index (χ0) is 17.5. The van der Waals surface area contributed by atoms with Crippen LogP contribution in [0.5, 0.6) is 5.75 Å². The predicted molar refractivity (Wildman–Crippen MR) is 91.6 cm³/mol. The Morgan fingerprint density at radius 1 is 1.08 bits per heavy atom. The molecule has 6 nitrogen and oxygen atoms in total. The van der Waals surface area contributed by atoms with Gasteiger partial charge in [0.1, 0.15) is 5.75 Å². The third-order valence-corrected chi connectivity index (χ3v) is 3.36. The molecule has 0 saturated heterocycles. The fourth-order valence-electron chi connectivity index (χ4n) is 2.15. The highest BCUT2D eigenvalue weighted by Gasteiger charge is 2.09. The van der Waals surface area contributed by atoms with E-state index in [1.54, 1.807) is 13.2 Å². The number of esters is 1. The summed E-state index contributed by atoms with van der Waals surface area (Å²) in [5.74, 6) is 0.787. The van der Waals surface area contributed by atoms with Crippen LogP contribution in [-0.2, 0) is 16.1 Å². The quantitative estimate of drug-likeness (QED) is 0.506. The lowest BCUT2D eigenvalue weighted by atomic mass is 10.2.